The van der Waals surface area contributed by atoms with Gasteiger partial charge in [0.2, 0.25) is 0 Å². The van der Waals surface area contributed by atoms with Crippen LogP contribution in [0.15, 0.2) is 42.5 Å². The van der Waals surface area contributed by atoms with Gasteiger partial charge in [0.05, 0.1) is 12.1 Å². The van der Waals surface area contributed by atoms with Crippen LogP contribution in [0.25, 0.3) is 0 Å². The summed E-state index contributed by atoms with van der Waals surface area (Å²) in [6.45, 7) is 0.811. The fourth-order valence-electron chi connectivity index (χ4n) is 2.09. The van der Waals surface area contributed by atoms with Gasteiger partial charge in [-0.15, -0.1) is 0 Å². The van der Waals surface area contributed by atoms with Crippen LogP contribution in [-0.2, 0) is 5.75 Å². The number of rotatable bonds is 8. The summed E-state index contributed by atoms with van der Waals surface area (Å²) in [7, 11) is 1.59. The van der Waals surface area contributed by atoms with E-state index in [1.54, 1.807) is 19.2 Å². The second kappa shape index (κ2) is 10.8. The summed E-state index contributed by atoms with van der Waals surface area (Å²) < 4.78 is 5.13. The molecule has 0 radical (unpaired) electrons. The number of halogens is 2. The third-order valence-electron chi connectivity index (χ3n) is 3.38. The Bertz CT molecular complexity index is 713. The van der Waals surface area contributed by atoms with E-state index in [1.165, 1.54) is 5.56 Å². The maximum atomic E-state index is 6.14. The summed E-state index contributed by atoms with van der Waals surface area (Å²) in [4.78, 5) is 0. The van der Waals surface area contributed by atoms with Crippen LogP contribution in [0.3, 0.4) is 0 Å². The van der Waals surface area contributed by atoms with Crippen molar-refractivity contribution in [3.05, 3.63) is 58.1 Å². The van der Waals surface area contributed by atoms with E-state index >= 15 is 0 Å². The monoisotopic (exact) mass is 414 g/mol. The van der Waals surface area contributed by atoms with Gasteiger partial charge >= 0.3 is 0 Å². The number of thiocarbonyl (C=S) groups is 1. The molecular weight excluding hydrogens is 395 g/mol. The molecule has 0 amide bonds. The first-order valence-electron chi connectivity index (χ1n) is 7.79. The number of nitrogens with one attached hydrogen (secondary N) is 2. The number of anilines is 1. The van der Waals surface area contributed by atoms with Crippen LogP contribution in [0.4, 0.5) is 5.69 Å². The number of benzene rings is 2. The lowest BCUT2D eigenvalue weighted by Crippen LogP contribution is -2.29. The quantitative estimate of drug-likeness (QED) is 0.433. The number of ether oxygens (including phenoxy) is 1. The molecular formula is C18H20Cl2N2OS2. The molecule has 2 rings (SSSR count). The van der Waals surface area contributed by atoms with E-state index in [1.807, 2.05) is 36.0 Å². The lowest BCUT2D eigenvalue weighted by atomic mass is 10.2. The van der Waals surface area contributed by atoms with Crippen LogP contribution >= 0.6 is 47.2 Å². The average molecular weight is 415 g/mol. The number of hydrogen-bond donors (Lipinski definition) is 2. The van der Waals surface area contributed by atoms with Crippen LogP contribution in [0.1, 0.15) is 12.0 Å². The van der Waals surface area contributed by atoms with E-state index in [0.29, 0.717) is 15.9 Å². The topological polar surface area (TPSA) is 33.3 Å². The third-order valence-corrected chi connectivity index (χ3v) is 5.38. The summed E-state index contributed by atoms with van der Waals surface area (Å²) in [5.74, 6) is 2.60. The standard InChI is InChI=1S/C18H20Cl2N2OS2/c1-23-17-8-7-14(11-16(17)20)22-18(24)21-9-4-10-25-12-13-5-2-3-6-15(13)19/h2-3,5-8,11H,4,9-10,12H2,1H3,(H2,21,22,24). The van der Waals surface area contributed by atoms with Crippen molar-refractivity contribution in [2.45, 2.75) is 12.2 Å². The zero-order chi connectivity index (χ0) is 18.1. The van der Waals surface area contributed by atoms with Crippen molar-refractivity contribution >= 4 is 58.0 Å². The normalized spacial score (nSPS) is 10.4. The van der Waals surface area contributed by atoms with Gasteiger partial charge in [-0.2, -0.15) is 11.8 Å². The second-order valence-electron chi connectivity index (χ2n) is 5.23. The number of thioether (sulfide) groups is 1. The largest absolute Gasteiger partial charge is 0.495 e. The van der Waals surface area contributed by atoms with Gasteiger partial charge in [0.1, 0.15) is 5.75 Å². The Morgan fingerprint density at radius 1 is 1.16 bits per heavy atom. The predicted molar refractivity (Wildman–Crippen MR) is 114 cm³/mol. The second-order valence-corrected chi connectivity index (χ2v) is 7.56. The van der Waals surface area contributed by atoms with E-state index in [9.17, 15) is 0 Å². The Hall–Kier alpha value is -1.14. The number of methoxy groups -OCH3 is 1. The zero-order valence-corrected chi connectivity index (χ0v) is 17.0. The lowest BCUT2D eigenvalue weighted by Gasteiger charge is -2.12. The summed E-state index contributed by atoms with van der Waals surface area (Å²) >= 11 is 19.4. The van der Waals surface area contributed by atoms with Gasteiger partial charge in [-0.25, -0.2) is 0 Å². The van der Waals surface area contributed by atoms with Crippen LogP contribution in [0.5, 0.6) is 5.75 Å². The minimum Gasteiger partial charge on any atom is -0.495 e. The molecule has 0 saturated heterocycles. The fourth-order valence-corrected chi connectivity index (χ4v) is 3.82. The highest BCUT2D eigenvalue weighted by Gasteiger charge is 2.03. The molecule has 0 aliphatic rings. The molecule has 2 N–H and O–H groups in total. The lowest BCUT2D eigenvalue weighted by molar-refractivity contribution is 0.415. The number of hydrogen-bond acceptors (Lipinski definition) is 3. The first-order valence-corrected chi connectivity index (χ1v) is 10.1. The molecule has 0 bridgehead atoms. The van der Waals surface area contributed by atoms with E-state index in [-0.39, 0.29) is 0 Å². The molecule has 0 saturated carbocycles. The van der Waals surface area contributed by atoms with Gasteiger partial charge in [-0.1, -0.05) is 41.4 Å². The van der Waals surface area contributed by atoms with Gasteiger partial charge in [-0.05, 0) is 54.2 Å². The molecule has 0 aromatic heterocycles. The molecule has 0 aliphatic carbocycles. The van der Waals surface area contributed by atoms with Gasteiger partial charge in [0, 0.05) is 23.0 Å². The maximum absolute atomic E-state index is 6.14. The molecule has 7 heteroatoms. The van der Waals surface area contributed by atoms with E-state index in [4.69, 9.17) is 40.2 Å². The molecule has 3 nitrogen and oxygen atoms in total. The molecule has 25 heavy (non-hydrogen) atoms. The Kier molecular flexibility index (Phi) is 8.68. The van der Waals surface area contributed by atoms with Gasteiger partial charge in [0.25, 0.3) is 0 Å². The van der Waals surface area contributed by atoms with Crippen molar-refractivity contribution in [2.75, 3.05) is 24.7 Å². The molecule has 2 aromatic carbocycles. The van der Waals surface area contributed by atoms with Gasteiger partial charge in [0.15, 0.2) is 5.11 Å². The fraction of sp³-hybridized carbons (Fsp3) is 0.278. The van der Waals surface area contributed by atoms with Crippen molar-refractivity contribution in [1.29, 1.82) is 0 Å². The molecule has 0 unspecified atom stereocenters. The first-order chi connectivity index (χ1) is 12.1. The zero-order valence-electron chi connectivity index (χ0n) is 13.9. The maximum Gasteiger partial charge on any atom is 0.170 e. The van der Waals surface area contributed by atoms with E-state index in [0.717, 1.165) is 35.2 Å². The van der Waals surface area contributed by atoms with E-state index < -0.39 is 0 Å². The van der Waals surface area contributed by atoms with Gasteiger partial charge < -0.3 is 15.4 Å². The molecule has 0 atom stereocenters. The minimum atomic E-state index is 0.547. The van der Waals surface area contributed by atoms with E-state index in [2.05, 4.69) is 16.7 Å². The highest BCUT2D eigenvalue weighted by atomic mass is 35.5. The van der Waals surface area contributed by atoms with Crippen molar-refractivity contribution < 1.29 is 4.74 Å². The minimum absolute atomic E-state index is 0.547. The molecule has 2 aromatic rings. The molecule has 134 valence electrons. The molecule has 0 fully saturated rings. The Balaban J connectivity index is 1.62. The predicted octanol–water partition coefficient (Wildman–Crippen LogP) is 5.61. The average Bonchev–Trinajstić information content (AvgIpc) is 2.59. The van der Waals surface area contributed by atoms with Crippen molar-refractivity contribution in [1.82, 2.24) is 5.32 Å². The summed E-state index contributed by atoms with van der Waals surface area (Å²) in [5, 5.41) is 8.27. The van der Waals surface area contributed by atoms with Crippen LogP contribution < -0.4 is 15.4 Å². The van der Waals surface area contributed by atoms with Crippen LogP contribution in [0.2, 0.25) is 10.0 Å². The van der Waals surface area contributed by atoms with Gasteiger partial charge in [-0.3, -0.25) is 0 Å². The Labute approximate surface area is 168 Å². The van der Waals surface area contributed by atoms with Crippen LogP contribution in [0, 0.1) is 0 Å². The Morgan fingerprint density at radius 2 is 1.96 bits per heavy atom. The highest BCUT2D eigenvalue weighted by molar-refractivity contribution is 7.98. The van der Waals surface area contributed by atoms with Crippen molar-refractivity contribution in [3.63, 3.8) is 0 Å². The summed E-state index contributed by atoms with van der Waals surface area (Å²) in [5.41, 5.74) is 2.01. The third kappa shape index (κ3) is 6.94. The summed E-state index contributed by atoms with van der Waals surface area (Å²) in [6.07, 6.45) is 1.01. The Morgan fingerprint density at radius 3 is 2.68 bits per heavy atom. The van der Waals surface area contributed by atoms with Crippen LogP contribution in [-0.4, -0.2) is 24.5 Å². The SMILES string of the molecule is COc1ccc(NC(=S)NCCCSCc2ccccc2Cl)cc1Cl. The summed E-state index contributed by atoms with van der Waals surface area (Å²) in [6, 6.07) is 13.4. The smallest absolute Gasteiger partial charge is 0.170 e. The molecule has 0 aliphatic heterocycles. The first kappa shape index (κ1) is 20.2. The van der Waals surface area contributed by atoms with Crippen molar-refractivity contribution in [2.24, 2.45) is 0 Å². The molecule has 0 heterocycles. The van der Waals surface area contributed by atoms with Crippen molar-refractivity contribution in [3.8, 4) is 5.75 Å². The molecule has 0 spiro atoms. The highest BCUT2D eigenvalue weighted by Crippen LogP contribution is 2.27.